The van der Waals surface area contributed by atoms with Crippen LogP contribution in [-0.4, -0.2) is 19.3 Å². The molecule has 0 bridgehead atoms. The molecule has 1 rings (SSSR count). The normalized spacial score (nSPS) is 10.5. The van der Waals surface area contributed by atoms with Gasteiger partial charge in [0.05, 0.1) is 6.61 Å². The van der Waals surface area contributed by atoms with Gasteiger partial charge in [0.15, 0.2) is 11.5 Å². The molecule has 0 aliphatic carbocycles. The van der Waals surface area contributed by atoms with Gasteiger partial charge in [-0.15, -0.1) is 0 Å². The van der Waals surface area contributed by atoms with E-state index in [-0.39, 0.29) is 0 Å². The van der Waals surface area contributed by atoms with Crippen LogP contribution in [0.1, 0.15) is 40.2 Å². The van der Waals surface area contributed by atoms with E-state index in [1.807, 2.05) is 13.0 Å². The first kappa shape index (κ1) is 16.6. The highest BCUT2D eigenvalue weighted by molar-refractivity contribution is 5.43. The molecule has 0 saturated carbocycles. The predicted octanol–water partition coefficient (Wildman–Crippen LogP) is 3.93. The highest BCUT2D eigenvalue weighted by Crippen LogP contribution is 2.28. The summed E-state index contributed by atoms with van der Waals surface area (Å²) in [5.74, 6) is 1.62. The second-order valence-corrected chi connectivity index (χ2v) is 5.34. The minimum Gasteiger partial charge on any atom is -0.490 e. The standard InChI is InChI=1S/C17H27NO2/c1-6-19-17-11-15(12-18-14(4)5)7-8-16(17)20-10-9-13(2)3/h7-9,11,14,18H,6,10,12H2,1-5H3. The van der Waals surface area contributed by atoms with Gasteiger partial charge >= 0.3 is 0 Å². The van der Waals surface area contributed by atoms with E-state index in [1.165, 1.54) is 11.1 Å². The third-order valence-corrected chi connectivity index (χ3v) is 2.75. The van der Waals surface area contributed by atoms with Crippen molar-refractivity contribution in [3.05, 3.63) is 35.4 Å². The zero-order valence-corrected chi connectivity index (χ0v) is 13.3. The van der Waals surface area contributed by atoms with Gasteiger partial charge in [0.2, 0.25) is 0 Å². The molecule has 20 heavy (non-hydrogen) atoms. The summed E-state index contributed by atoms with van der Waals surface area (Å²) >= 11 is 0. The lowest BCUT2D eigenvalue weighted by atomic mass is 10.2. The molecule has 0 aliphatic rings. The zero-order valence-electron chi connectivity index (χ0n) is 13.3. The average Bonchev–Trinajstić information content (AvgIpc) is 2.38. The molecule has 0 radical (unpaired) electrons. The van der Waals surface area contributed by atoms with Gasteiger partial charge in [-0.25, -0.2) is 0 Å². The number of hydrogen-bond acceptors (Lipinski definition) is 3. The summed E-state index contributed by atoms with van der Waals surface area (Å²) in [5, 5.41) is 3.40. The number of benzene rings is 1. The summed E-state index contributed by atoms with van der Waals surface area (Å²) in [6.45, 7) is 12.4. The molecular formula is C17H27NO2. The quantitative estimate of drug-likeness (QED) is 0.730. The van der Waals surface area contributed by atoms with Crippen LogP contribution in [0.15, 0.2) is 29.8 Å². The predicted molar refractivity (Wildman–Crippen MR) is 84.5 cm³/mol. The van der Waals surface area contributed by atoms with E-state index in [0.29, 0.717) is 19.3 Å². The summed E-state index contributed by atoms with van der Waals surface area (Å²) < 4.78 is 11.4. The van der Waals surface area contributed by atoms with Gasteiger partial charge in [-0.2, -0.15) is 0 Å². The van der Waals surface area contributed by atoms with E-state index in [0.717, 1.165) is 18.0 Å². The Hall–Kier alpha value is -1.48. The fourth-order valence-electron chi connectivity index (χ4n) is 1.67. The maximum atomic E-state index is 5.76. The van der Waals surface area contributed by atoms with Gasteiger partial charge in [0, 0.05) is 12.6 Å². The van der Waals surface area contributed by atoms with Crippen molar-refractivity contribution in [2.24, 2.45) is 0 Å². The Kier molecular flexibility index (Phi) is 7.16. The Morgan fingerprint density at radius 2 is 1.95 bits per heavy atom. The van der Waals surface area contributed by atoms with Crippen LogP contribution in [0.4, 0.5) is 0 Å². The molecule has 0 aromatic heterocycles. The summed E-state index contributed by atoms with van der Waals surface area (Å²) in [7, 11) is 0. The molecule has 1 aromatic carbocycles. The lowest BCUT2D eigenvalue weighted by molar-refractivity contribution is 0.296. The van der Waals surface area contributed by atoms with Gasteiger partial charge in [-0.1, -0.05) is 25.5 Å². The maximum absolute atomic E-state index is 5.76. The molecule has 3 heteroatoms. The van der Waals surface area contributed by atoms with Gasteiger partial charge in [-0.3, -0.25) is 0 Å². The SMILES string of the molecule is CCOc1cc(CNC(C)C)ccc1OCC=C(C)C. The fraction of sp³-hybridized carbons (Fsp3) is 0.529. The van der Waals surface area contributed by atoms with Crippen molar-refractivity contribution in [3.8, 4) is 11.5 Å². The van der Waals surface area contributed by atoms with Crippen LogP contribution >= 0.6 is 0 Å². The van der Waals surface area contributed by atoms with Gasteiger partial charge < -0.3 is 14.8 Å². The van der Waals surface area contributed by atoms with Crippen LogP contribution in [0.2, 0.25) is 0 Å². The Balaban J connectivity index is 2.75. The third kappa shape index (κ3) is 6.11. The molecule has 0 amide bonds. The van der Waals surface area contributed by atoms with E-state index in [4.69, 9.17) is 9.47 Å². The van der Waals surface area contributed by atoms with E-state index in [2.05, 4.69) is 51.2 Å². The van der Waals surface area contributed by atoms with Crippen molar-refractivity contribution >= 4 is 0 Å². The zero-order chi connectivity index (χ0) is 15.0. The smallest absolute Gasteiger partial charge is 0.161 e. The van der Waals surface area contributed by atoms with Crippen molar-refractivity contribution in [1.82, 2.24) is 5.32 Å². The lowest BCUT2D eigenvalue weighted by Crippen LogP contribution is -2.21. The first-order valence-electron chi connectivity index (χ1n) is 7.28. The van der Waals surface area contributed by atoms with Gasteiger partial charge in [0.25, 0.3) is 0 Å². The van der Waals surface area contributed by atoms with Gasteiger partial charge in [-0.05, 0) is 44.5 Å². The fourth-order valence-corrected chi connectivity index (χ4v) is 1.67. The van der Waals surface area contributed by atoms with Crippen molar-refractivity contribution in [2.75, 3.05) is 13.2 Å². The molecule has 0 spiro atoms. The van der Waals surface area contributed by atoms with Crippen molar-refractivity contribution < 1.29 is 9.47 Å². The second-order valence-electron chi connectivity index (χ2n) is 5.34. The molecule has 0 heterocycles. The summed E-state index contributed by atoms with van der Waals surface area (Å²) in [6, 6.07) is 6.59. The molecule has 1 aromatic rings. The topological polar surface area (TPSA) is 30.5 Å². The largest absolute Gasteiger partial charge is 0.490 e. The highest BCUT2D eigenvalue weighted by Gasteiger charge is 2.06. The molecule has 0 fully saturated rings. The van der Waals surface area contributed by atoms with E-state index in [1.54, 1.807) is 0 Å². The highest BCUT2D eigenvalue weighted by atomic mass is 16.5. The monoisotopic (exact) mass is 277 g/mol. The molecule has 0 saturated heterocycles. The molecule has 112 valence electrons. The summed E-state index contributed by atoms with van der Waals surface area (Å²) in [6.07, 6.45) is 2.06. The molecule has 0 aliphatic heterocycles. The Morgan fingerprint density at radius 1 is 1.20 bits per heavy atom. The third-order valence-electron chi connectivity index (χ3n) is 2.75. The summed E-state index contributed by atoms with van der Waals surface area (Å²) in [4.78, 5) is 0. The van der Waals surface area contributed by atoms with Crippen LogP contribution in [0, 0.1) is 0 Å². The lowest BCUT2D eigenvalue weighted by Gasteiger charge is -2.14. The van der Waals surface area contributed by atoms with E-state index < -0.39 is 0 Å². The minimum atomic E-state index is 0.471. The van der Waals surface area contributed by atoms with Crippen LogP contribution in [0.3, 0.4) is 0 Å². The van der Waals surface area contributed by atoms with Gasteiger partial charge in [0.1, 0.15) is 6.61 Å². The van der Waals surface area contributed by atoms with E-state index >= 15 is 0 Å². The molecule has 3 nitrogen and oxygen atoms in total. The number of ether oxygens (including phenoxy) is 2. The number of nitrogens with one attached hydrogen (secondary N) is 1. The van der Waals surface area contributed by atoms with Crippen molar-refractivity contribution in [2.45, 2.75) is 47.2 Å². The first-order chi connectivity index (χ1) is 9.52. The van der Waals surface area contributed by atoms with Crippen LogP contribution in [-0.2, 0) is 6.54 Å². The number of hydrogen-bond donors (Lipinski definition) is 1. The summed E-state index contributed by atoms with van der Waals surface area (Å²) in [5.41, 5.74) is 2.46. The maximum Gasteiger partial charge on any atom is 0.161 e. The Morgan fingerprint density at radius 3 is 2.55 bits per heavy atom. The first-order valence-corrected chi connectivity index (χ1v) is 7.28. The number of rotatable bonds is 8. The van der Waals surface area contributed by atoms with Crippen LogP contribution in [0.5, 0.6) is 11.5 Å². The van der Waals surface area contributed by atoms with Crippen molar-refractivity contribution in [3.63, 3.8) is 0 Å². The minimum absolute atomic E-state index is 0.471. The van der Waals surface area contributed by atoms with Crippen LogP contribution < -0.4 is 14.8 Å². The Labute approximate surface area is 123 Å². The van der Waals surface area contributed by atoms with Crippen LogP contribution in [0.25, 0.3) is 0 Å². The van der Waals surface area contributed by atoms with Crippen molar-refractivity contribution in [1.29, 1.82) is 0 Å². The Bertz CT molecular complexity index is 435. The van der Waals surface area contributed by atoms with E-state index in [9.17, 15) is 0 Å². The second kappa shape index (κ2) is 8.64. The molecule has 0 atom stereocenters. The molecule has 1 N–H and O–H groups in total. The number of allylic oxidation sites excluding steroid dienone is 1. The molecule has 0 unspecified atom stereocenters. The molecular weight excluding hydrogens is 250 g/mol. The average molecular weight is 277 g/mol.